The summed E-state index contributed by atoms with van der Waals surface area (Å²) in [6, 6.07) is 0. The first-order valence-electron chi connectivity index (χ1n) is 5.36. The van der Waals surface area contributed by atoms with Gasteiger partial charge in [-0.3, -0.25) is 0 Å². The standard InChI is InChI=1S/C6H14N2.5CN.Fe/c7-3-6-8-4-1-2-5-8;5*1-2;/h1-7H2;;;;;;. The molecule has 1 aliphatic rings. The van der Waals surface area contributed by atoms with Crippen LogP contribution in [0.25, 0.3) is 0 Å². The minimum atomic E-state index is -4.78. The van der Waals surface area contributed by atoms with E-state index in [1.807, 2.05) is 0 Å². The molecule has 1 saturated heterocycles. The van der Waals surface area contributed by atoms with E-state index in [0.29, 0.717) is 0 Å². The van der Waals surface area contributed by atoms with E-state index < -0.39 is 11.8 Å². The van der Waals surface area contributed by atoms with Gasteiger partial charge in [0.2, 0.25) is 0 Å². The number of likely N-dealkylation sites (tertiary alicyclic amines) is 1. The Hall–Kier alpha value is -2.11. The van der Waals surface area contributed by atoms with Gasteiger partial charge in [-0.15, -0.1) is 0 Å². The van der Waals surface area contributed by atoms with Gasteiger partial charge in [0.1, 0.15) is 0 Å². The molecule has 8 heteroatoms. The molecule has 2 N–H and O–H groups in total. The molecule has 0 spiro atoms. The molecule has 1 fully saturated rings. The second-order valence-electron chi connectivity index (χ2n) is 3.62. The maximum atomic E-state index is 8.35. The summed E-state index contributed by atoms with van der Waals surface area (Å²) in [5.41, 5.74) is 5.37. The molecule has 0 aromatic heterocycles. The van der Waals surface area contributed by atoms with Gasteiger partial charge in [-0.2, -0.15) is 0 Å². The zero-order valence-corrected chi connectivity index (χ0v) is 11.5. The monoisotopic (exact) mass is 300 g/mol. The summed E-state index contributed by atoms with van der Waals surface area (Å²) in [5, 5.41) is 41.8. The van der Waals surface area contributed by atoms with E-state index in [4.69, 9.17) is 32.0 Å². The van der Waals surface area contributed by atoms with Crippen LogP contribution in [0.15, 0.2) is 0 Å². The fourth-order valence-electron chi connectivity index (χ4n) is 1.37. The molecule has 0 saturated carbocycles. The van der Waals surface area contributed by atoms with Crippen molar-refractivity contribution in [3.63, 3.8) is 0 Å². The maximum absolute atomic E-state index is 8.35. The number of hydrogen-bond acceptors (Lipinski definition) is 7. The van der Waals surface area contributed by atoms with E-state index in [0.717, 1.165) is 13.1 Å². The fraction of sp³-hybridized carbons (Fsp3) is 0.545. The molecule has 0 bridgehead atoms. The van der Waals surface area contributed by atoms with Crippen LogP contribution >= 0.6 is 0 Å². The molecule has 101 valence electrons. The number of nitrogens with two attached hydrogens (primary N) is 1. The van der Waals surface area contributed by atoms with E-state index in [1.165, 1.54) is 50.8 Å². The molecule has 7 nitrogen and oxygen atoms in total. The van der Waals surface area contributed by atoms with Crippen LogP contribution in [-0.2, 0) is 11.8 Å². The summed E-state index contributed by atoms with van der Waals surface area (Å²) in [6.07, 6.45) is 2.75. The van der Waals surface area contributed by atoms with Crippen LogP contribution in [0.5, 0.6) is 0 Å². The zero-order valence-electron chi connectivity index (χ0n) is 10.4. The minimum absolute atomic E-state index is 0.819. The van der Waals surface area contributed by atoms with Gasteiger partial charge in [-0.1, -0.05) is 0 Å². The molecule has 0 atom stereocenters. The Morgan fingerprint density at radius 3 is 1.42 bits per heavy atom. The molecule has 0 unspecified atom stereocenters. The third-order valence-electron chi connectivity index (χ3n) is 2.43. The minimum Gasteiger partial charge on any atom is -0.329 e. The van der Waals surface area contributed by atoms with Crippen LogP contribution in [0.2, 0.25) is 0 Å². The van der Waals surface area contributed by atoms with E-state index in [9.17, 15) is 0 Å². The maximum Gasteiger partial charge on any atom is 0.0105 e. The Morgan fingerprint density at radius 1 is 0.842 bits per heavy atom. The van der Waals surface area contributed by atoms with Gasteiger partial charge in [0.05, 0.1) is 0 Å². The number of hydrogen-bond donors (Lipinski definition) is 1. The van der Waals surface area contributed by atoms with E-state index >= 15 is 0 Å². The van der Waals surface area contributed by atoms with Gasteiger partial charge in [-0.05, 0) is 25.9 Å². The van der Waals surface area contributed by atoms with Crippen molar-refractivity contribution in [3.8, 4) is 24.8 Å². The molecule has 0 aliphatic carbocycles. The van der Waals surface area contributed by atoms with Crippen molar-refractivity contribution in [2.24, 2.45) is 5.73 Å². The van der Waals surface area contributed by atoms with Crippen LogP contribution < -0.4 is 5.73 Å². The largest absolute Gasteiger partial charge is 0.329 e. The van der Waals surface area contributed by atoms with Gasteiger partial charge in [0, 0.05) is 13.1 Å². The number of rotatable bonds is 2. The Bertz CT molecular complexity index is 417. The summed E-state index contributed by atoms with van der Waals surface area (Å²) in [6.45, 7) is 4.47. The van der Waals surface area contributed by atoms with Crippen LogP contribution in [-0.4, -0.2) is 31.1 Å². The summed E-state index contributed by atoms with van der Waals surface area (Å²) < 4.78 is 0. The average molecular weight is 300 g/mol. The van der Waals surface area contributed by atoms with Crippen molar-refractivity contribution in [2.75, 3.05) is 26.2 Å². The van der Waals surface area contributed by atoms with E-state index in [1.54, 1.807) is 0 Å². The van der Waals surface area contributed by atoms with Gasteiger partial charge in [0.25, 0.3) is 0 Å². The molecular weight excluding hydrogens is 286 g/mol. The van der Waals surface area contributed by atoms with E-state index in [-0.39, 0.29) is 0 Å². The Morgan fingerprint density at radius 2 is 1.21 bits per heavy atom. The zero-order chi connectivity index (χ0) is 14.8. The molecule has 1 aliphatic heterocycles. The van der Waals surface area contributed by atoms with Gasteiger partial charge in [0.15, 0.2) is 0 Å². The summed E-state index contributed by atoms with van der Waals surface area (Å²) in [7, 11) is 0. The molecular formula is C11H14FeN7. The van der Waals surface area contributed by atoms with Gasteiger partial charge in [-0.25, -0.2) is 0 Å². The Kier molecular flexibility index (Phi) is 6.54. The summed E-state index contributed by atoms with van der Waals surface area (Å²) in [5.74, 6) is 0. The molecule has 0 radical (unpaired) electrons. The predicted molar refractivity (Wildman–Crippen MR) is 62.8 cm³/mol. The first-order valence-corrected chi connectivity index (χ1v) is 8.12. The SMILES string of the molecule is N#[C][Fe]([C]#N)([C]#N)([C]#N)[C]#N.NCCN1CCCC1. The molecule has 19 heavy (non-hydrogen) atoms. The predicted octanol–water partition coefficient (Wildman–Crippen LogP) is 0.122. The topological polar surface area (TPSA) is 148 Å². The smallest absolute Gasteiger partial charge is 0.0105 e. The normalized spacial score (nSPS) is 15.9. The Balaban J connectivity index is 0.000000356. The van der Waals surface area contributed by atoms with Crippen molar-refractivity contribution in [2.45, 2.75) is 12.8 Å². The number of nitriles is 5. The first kappa shape index (κ1) is 16.9. The van der Waals surface area contributed by atoms with E-state index in [2.05, 4.69) is 4.90 Å². The number of nitrogens with zero attached hydrogens (tertiary/aromatic N) is 6. The van der Waals surface area contributed by atoms with Gasteiger partial charge >= 0.3 is 62.9 Å². The molecule has 0 amide bonds. The van der Waals surface area contributed by atoms with Crippen LogP contribution in [0, 0.1) is 51.1 Å². The quantitative estimate of drug-likeness (QED) is 0.712. The van der Waals surface area contributed by atoms with Crippen LogP contribution in [0.3, 0.4) is 0 Å². The van der Waals surface area contributed by atoms with Crippen molar-refractivity contribution in [1.82, 2.24) is 4.90 Å². The second-order valence-corrected chi connectivity index (χ2v) is 7.61. The average Bonchev–Trinajstić information content (AvgIpc) is 2.98. The van der Waals surface area contributed by atoms with Crippen molar-refractivity contribution < 1.29 is 11.8 Å². The fourth-order valence-corrected chi connectivity index (χ4v) is 1.92. The molecule has 0 aromatic rings. The molecule has 1 heterocycles. The van der Waals surface area contributed by atoms with Crippen LogP contribution in [0.4, 0.5) is 0 Å². The van der Waals surface area contributed by atoms with Crippen molar-refractivity contribution in [3.05, 3.63) is 0 Å². The molecule has 0 aromatic carbocycles. The summed E-state index contributed by atoms with van der Waals surface area (Å²) >= 11 is -4.78. The Labute approximate surface area is 113 Å². The van der Waals surface area contributed by atoms with Crippen molar-refractivity contribution >= 4 is 0 Å². The van der Waals surface area contributed by atoms with Crippen molar-refractivity contribution in [1.29, 1.82) is 26.3 Å². The van der Waals surface area contributed by atoms with Crippen LogP contribution in [0.1, 0.15) is 12.8 Å². The first-order chi connectivity index (χ1) is 9.05. The third-order valence-corrected chi connectivity index (χ3v) is 4.90. The summed E-state index contributed by atoms with van der Waals surface area (Å²) in [4.78, 5) is 8.54. The molecule has 1 rings (SSSR count). The second kappa shape index (κ2) is 7.35. The van der Waals surface area contributed by atoms with Gasteiger partial charge < -0.3 is 10.6 Å². The third kappa shape index (κ3) is 3.94.